The van der Waals surface area contributed by atoms with Gasteiger partial charge in [0.25, 0.3) is 11.5 Å². The summed E-state index contributed by atoms with van der Waals surface area (Å²) in [5, 5.41) is 10.4. The Morgan fingerprint density at radius 2 is 2.00 bits per heavy atom. The number of hydrogen-bond acceptors (Lipinski definition) is 5. The van der Waals surface area contributed by atoms with Crippen molar-refractivity contribution >= 4 is 40.5 Å². The molecule has 1 fully saturated rings. The Morgan fingerprint density at radius 3 is 2.59 bits per heavy atom. The molecule has 1 amide bonds. The lowest BCUT2D eigenvalue weighted by Gasteiger charge is -2.15. The molecule has 0 saturated carbocycles. The minimum Gasteiger partial charge on any atom is -0.383 e. The second-order valence-corrected chi connectivity index (χ2v) is 8.40. The maximum atomic E-state index is 13.2. The first kappa shape index (κ1) is 21.3. The van der Waals surface area contributed by atoms with E-state index in [-0.39, 0.29) is 23.1 Å². The third-order valence-electron chi connectivity index (χ3n) is 4.80. The third kappa shape index (κ3) is 4.61. The Morgan fingerprint density at radius 1 is 1.34 bits per heavy atom. The summed E-state index contributed by atoms with van der Waals surface area (Å²) in [5.74, 6) is -0.317. The summed E-state index contributed by atoms with van der Waals surface area (Å²) in [6.07, 6.45) is 3.60. The van der Waals surface area contributed by atoms with Gasteiger partial charge in [-0.2, -0.15) is 5.26 Å². The summed E-state index contributed by atoms with van der Waals surface area (Å²) in [6, 6.07) is 8.85. The van der Waals surface area contributed by atoms with Crippen molar-refractivity contribution in [1.82, 2.24) is 9.47 Å². The molecule has 1 saturated heterocycles. The molecule has 0 N–H and O–H groups in total. The van der Waals surface area contributed by atoms with Crippen molar-refractivity contribution in [2.45, 2.75) is 25.8 Å². The largest absolute Gasteiger partial charge is 0.383 e. The molecule has 1 aliphatic heterocycles. The van der Waals surface area contributed by atoms with E-state index in [4.69, 9.17) is 16.3 Å². The molecule has 1 atom stereocenters. The monoisotopic (exact) mass is 431 g/mol. The molecular formula is C21H22ClN3O3S. The van der Waals surface area contributed by atoms with Gasteiger partial charge >= 0.3 is 0 Å². The van der Waals surface area contributed by atoms with Gasteiger partial charge in [0.15, 0.2) is 5.57 Å². The summed E-state index contributed by atoms with van der Waals surface area (Å²) in [4.78, 5) is 27.8. The minimum atomic E-state index is -0.319. The van der Waals surface area contributed by atoms with E-state index in [0.29, 0.717) is 33.9 Å². The number of ether oxygens (including phenoxy) is 1. The topological polar surface area (TPSA) is 75.3 Å². The van der Waals surface area contributed by atoms with Crippen LogP contribution < -0.4 is 14.8 Å². The molecule has 1 aromatic heterocycles. The smallest absolute Gasteiger partial charge is 0.269 e. The quantitative estimate of drug-likeness (QED) is 0.724. The van der Waals surface area contributed by atoms with Crippen LogP contribution in [0, 0.1) is 11.3 Å². The number of halogens is 1. The van der Waals surface area contributed by atoms with Crippen molar-refractivity contribution < 1.29 is 9.53 Å². The zero-order valence-corrected chi connectivity index (χ0v) is 17.9. The van der Waals surface area contributed by atoms with Gasteiger partial charge in [0.2, 0.25) is 0 Å². The van der Waals surface area contributed by atoms with Crippen molar-refractivity contribution in [3.63, 3.8) is 0 Å². The summed E-state index contributed by atoms with van der Waals surface area (Å²) < 4.78 is 7.54. The molecule has 0 spiro atoms. The molecule has 0 aliphatic carbocycles. The number of benzene rings is 1. The number of amides is 1. The molecule has 3 rings (SSSR count). The Hall–Kier alpha value is -2.40. The first-order chi connectivity index (χ1) is 14.0. The summed E-state index contributed by atoms with van der Waals surface area (Å²) in [6.45, 7) is 3.40. The lowest BCUT2D eigenvalue weighted by atomic mass is 10.2. The van der Waals surface area contributed by atoms with E-state index in [2.05, 4.69) is 0 Å². The van der Waals surface area contributed by atoms with Gasteiger partial charge in [-0.1, -0.05) is 23.7 Å². The lowest BCUT2D eigenvalue weighted by Crippen LogP contribution is -2.38. The molecule has 1 aliphatic rings. The highest BCUT2D eigenvalue weighted by Gasteiger charge is 2.25. The number of carbonyl (C=O) groups excluding carboxylic acids is 1. The van der Waals surface area contributed by atoms with E-state index in [1.165, 1.54) is 4.57 Å². The molecule has 1 unspecified atom stereocenters. The third-order valence-corrected chi connectivity index (χ3v) is 6.16. The predicted octanol–water partition coefficient (Wildman–Crippen LogP) is 1.90. The zero-order valence-electron chi connectivity index (χ0n) is 16.4. The van der Waals surface area contributed by atoms with Crippen LogP contribution in [0.3, 0.4) is 0 Å². The first-order valence-electron chi connectivity index (χ1n) is 9.37. The molecule has 1 aromatic carbocycles. The van der Waals surface area contributed by atoms with Crippen LogP contribution in [0.25, 0.3) is 11.6 Å². The van der Waals surface area contributed by atoms with Crippen molar-refractivity contribution in [2.24, 2.45) is 0 Å². The number of hydrogen-bond donors (Lipinski definition) is 0. The van der Waals surface area contributed by atoms with E-state index in [1.54, 1.807) is 30.2 Å². The van der Waals surface area contributed by atoms with E-state index < -0.39 is 0 Å². The van der Waals surface area contributed by atoms with Gasteiger partial charge in [0.1, 0.15) is 10.7 Å². The van der Waals surface area contributed by atoms with Crippen molar-refractivity contribution in [1.29, 1.82) is 5.26 Å². The normalized spacial score (nSPS) is 16.6. The standard InChI is InChI=1S/C21H22ClN3O3S/c1-14(13-28-2)25-20(27)18(11-15-5-7-16(22)8-6-15)29-21(25)17(12-23)19(26)24-9-3-4-10-24/h5-8,11,14H,3-4,9-10,13H2,1-2H3. The van der Waals surface area contributed by atoms with Crippen molar-refractivity contribution in [3.8, 4) is 6.07 Å². The Balaban J connectivity index is 2.24. The first-order valence-corrected chi connectivity index (χ1v) is 10.6. The maximum absolute atomic E-state index is 13.2. The summed E-state index contributed by atoms with van der Waals surface area (Å²) in [5.41, 5.74) is 0.578. The number of likely N-dealkylation sites (tertiary alicyclic amines) is 1. The SMILES string of the molecule is COCC(C)n1c(=C(C#N)C(=O)N2CCCC2)sc(=Cc2ccc(Cl)cc2)c1=O. The fraction of sp³-hybridized carbons (Fsp3) is 0.381. The summed E-state index contributed by atoms with van der Waals surface area (Å²) >= 11 is 7.09. The molecule has 2 heterocycles. The highest BCUT2D eigenvalue weighted by molar-refractivity contribution is 7.07. The molecule has 8 heteroatoms. The average molecular weight is 432 g/mol. The van der Waals surface area contributed by atoms with E-state index in [9.17, 15) is 14.9 Å². The maximum Gasteiger partial charge on any atom is 0.269 e. The number of methoxy groups -OCH3 is 1. The average Bonchev–Trinajstić information content (AvgIpc) is 3.34. The van der Waals surface area contributed by atoms with Crippen LogP contribution in [0.1, 0.15) is 31.4 Å². The van der Waals surface area contributed by atoms with Crippen molar-refractivity contribution in [2.75, 3.05) is 26.8 Å². The van der Waals surface area contributed by atoms with Gasteiger partial charge < -0.3 is 9.64 Å². The highest BCUT2D eigenvalue weighted by Crippen LogP contribution is 2.13. The van der Waals surface area contributed by atoms with Crippen LogP contribution in [0.2, 0.25) is 5.02 Å². The van der Waals surface area contributed by atoms with E-state index >= 15 is 0 Å². The van der Waals surface area contributed by atoms with Gasteiger partial charge in [0.05, 0.1) is 17.2 Å². The second kappa shape index (κ2) is 9.40. The molecule has 2 aromatic rings. The number of nitriles is 1. The molecule has 152 valence electrons. The molecule has 0 radical (unpaired) electrons. The van der Waals surface area contributed by atoms with E-state index in [1.807, 2.05) is 25.1 Å². The number of aromatic nitrogens is 1. The predicted molar refractivity (Wildman–Crippen MR) is 114 cm³/mol. The fourth-order valence-corrected chi connectivity index (χ4v) is 4.67. The fourth-order valence-electron chi connectivity index (χ4n) is 3.36. The van der Waals surface area contributed by atoms with Gasteiger partial charge in [0, 0.05) is 25.2 Å². The van der Waals surface area contributed by atoms with Crippen LogP contribution in [0.15, 0.2) is 29.1 Å². The van der Waals surface area contributed by atoms with Gasteiger partial charge in [-0.25, -0.2) is 0 Å². The van der Waals surface area contributed by atoms with Gasteiger partial charge in [-0.05, 0) is 43.5 Å². The second-order valence-electron chi connectivity index (χ2n) is 6.93. The van der Waals surface area contributed by atoms with Gasteiger partial charge in [-0.3, -0.25) is 14.2 Å². The van der Waals surface area contributed by atoms with Crippen molar-refractivity contribution in [3.05, 3.63) is 54.4 Å². The number of thiazole rings is 1. The van der Waals surface area contributed by atoms with Crippen LogP contribution >= 0.6 is 22.9 Å². The Labute approximate surface area is 177 Å². The van der Waals surface area contributed by atoms with Crippen LogP contribution in [0.4, 0.5) is 0 Å². The molecular weight excluding hydrogens is 410 g/mol. The van der Waals surface area contributed by atoms with Crippen LogP contribution in [-0.2, 0) is 9.53 Å². The van der Waals surface area contributed by atoms with Gasteiger partial charge in [-0.15, -0.1) is 11.3 Å². The van der Waals surface area contributed by atoms with Crippen LogP contribution in [0.5, 0.6) is 0 Å². The Kier molecular flexibility index (Phi) is 6.91. The number of carbonyl (C=O) groups is 1. The highest BCUT2D eigenvalue weighted by atomic mass is 35.5. The minimum absolute atomic E-state index is 0.00714. The molecule has 29 heavy (non-hydrogen) atoms. The molecule has 0 bridgehead atoms. The molecule has 6 nitrogen and oxygen atoms in total. The zero-order chi connectivity index (χ0) is 21.0. The number of rotatable bonds is 5. The Bertz CT molecular complexity index is 1110. The van der Waals surface area contributed by atoms with E-state index in [0.717, 1.165) is 29.7 Å². The summed E-state index contributed by atoms with van der Waals surface area (Å²) in [7, 11) is 1.55. The van der Waals surface area contributed by atoms with Crippen LogP contribution in [-0.4, -0.2) is 42.2 Å². The lowest BCUT2D eigenvalue weighted by molar-refractivity contribution is -0.123. The number of nitrogens with zero attached hydrogens (tertiary/aromatic N) is 3.